The van der Waals surface area contributed by atoms with Crippen LogP contribution < -0.4 is 27.4 Å². The van der Waals surface area contributed by atoms with E-state index in [0.29, 0.717) is 5.69 Å². The first-order chi connectivity index (χ1) is 14.0. The number of nitrogens with zero attached hydrogens (tertiary/aromatic N) is 1. The van der Waals surface area contributed by atoms with Crippen LogP contribution in [0, 0.1) is 0 Å². The van der Waals surface area contributed by atoms with Gasteiger partial charge in [0.15, 0.2) is 0 Å². The molecule has 14 heteroatoms. The van der Waals surface area contributed by atoms with Crippen molar-refractivity contribution in [1.29, 1.82) is 0 Å². The maximum absolute atomic E-state index is 12.6. The number of aromatic nitrogens is 2. The monoisotopic (exact) mass is 427 g/mol. The number of aliphatic hydroxyl groups is 1. The number of H-pyrrole nitrogens is 1. The molecule has 4 atom stereocenters. The van der Waals surface area contributed by atoms with E-state index in [9.17, 15) is 29.1 Å². The maximum Gasteiger partial charge on any atom is 0.326 e. The zero-order valence-corrected chi connectivity index (χ0v) is 16.1. The highest BCUT2D eigenvalue weighted by atomic mass is 16.4. The number of amides is 4. The second-order valence-electron chi connectivity index (χ2n) is 6.44. The lowest BCUT2D eigenvalue weighted by Gasteiger charge is -2.23. The number of carboxylic acids is 1. The number of rotatable bonds is 12. The highest BCUT2D eigenvalue weighted by Gasteiger charge is 2.30. The fraction of sp³-hybridized carbons (Fsp3) is 0.500. The summed E-state index contributed by atoms with van der Waals surface area (Å²) in [6, 6.07) is -5.28. The number of carbonyl (C=O) groups excluding carboxylic acids is 4. The van der Waals surface area contributed by atoms with Crippen molar-refractivity contribution in [3.63, 3.8) is 0 Å². The van der Waals surface area contributed by atoms with Crippen LogP contribution in [0.1, 0.15) is 19.0 Å². The van der Waals surface area contributed by atoms with Crippen molar-refractivity contribution in [2.75, 3.05) is 6.61 Å². The Balaban J connectivity index is 2.88. The molecule has 0 radical (unpaired) electrons. The molecular formula is C16H25N7O7. The van der Waals surface area contributed by atoms with Gasteiger partial charge in [-0.25, -0.2) is 9.78 Å². The van der Waals surface area contributed by atoms with Gasteiger partial charge in [-0.3, -0.25) is 19.2 Å². The van der Waals surface area contributed by atoms with E-state index in [1.807, 2.05) is 5.32 Å². The molecule has 1 heterocycles. The van der Waals surface area contributed by atoms with E-state index < -0.39 is 66.8 Å². The van der Waals surface area contributed by atoms with Gasteiger partial charge in [-0.2, -0.15) is 0 Å². The number of aliphatic hydroxyl groups excluding tert-OH is 1. The third-order valence-electron chi connectivity index (χ3n) is 3.86. The summed E-state index contributed by atoms with van der Waals surface area (Å²) in [4.78, 5) is 65.4. The molecule has 30 heavy (non-hydrogen) atoms. The summed E-state index contributed by atoms with van der Waals surface area (Å²) in [5.74, 6) is -5.02. The van der Waals surface area contributed by atoms with E-state index in [0.717, 1.165) is 0 Å². The number of hydrogen-bond donors (Lipinski definition) is 8. The molecule has 0 aromatic carbocycles. The fourth-order valence-corrected chi connectivity index (χ4v) is 2.27. The molecule has 1 aromatic heterocycles. The summed E-state index contributed by atoms with van der Waals surface area (Å²) in [5.41, 5.74) is 10.9. The van der Waals surface area contributed by atoms with Crippen molar-refractivity contribution in [3.05, 3.63) is 18.2 Å². The molecule has 0 bridgehead atoms. The summed E-state index contributed by atoms with van der Waals surface area (Å²) >= 11 is 0. The Morgan fingerprint density at radius 2 is 1.63 bits per heavy atom. The van der Waals surface area contributed by atoms with Crippen LogP contribution in [0.2, 0.25) is 0 Å². The lowest BCUT2D eigenvalue weighted by molar-refractivity contribution is -0.144. The summed E-state index contributed by atoms with van der Waals surface area (Å²) in [5, 5.41) is 25.1. The van der Waals surface area contributed by atoms with Crippen LogP contribution in [0.3, 0.4) is 0 Å². The van der Waals surface area contributed by atoms with E-state index >= 15 is 0 Å². The minimum Gasteiger partial charge on any atom is -0.480 e. The summed E-state index contributed by atoms with van der Waals surface area (Å²) in [7, 11) is 0. The molecule has 1 rings (SSSR count). The summed E-state index contributed by atoms with van der Waals surface area (Å²) in [6.07, 6.45) is 2.09. The van der Waals surface area contributed by atoms with Gasteiger partial charge >= 0.3 is 5.97 Å². The van der Waals surface area contributed by atoms with Crippen LogP contribution in [-0.4, -0.2) is 80.6 Å². The number of aromatic amines is 1. The third kappa shape index (κ3) is 7.84. The average Bonchev–Trinajstić information content (AvgIpc) is 3.17. The molecule has 0 aliphatic rings. The van der Waals surface area contributed by atoms with E-state index in [1.165, 1.54) is 19.4 Å². The molecule has 1 aromatic rings. The molecule has 0 spiro atoms. The molecule has 0 aliphatic heterocycles. The Morgan fingerprint density at radius 3 is 2.10 bits per heavy atom. The molecule has 4 unspecified atom stereocenters. The second-order valence-corrected chi connectivity index (χ2v) is 6.44. The van der Waals surface area contributed by atoms with E-state index in [1.54, 1.807) is 0 Å². The minimum absolute atomic E-state index is 0.0243. The van der Waals surface area contributed by atoms with Crippen LogP contribution in [0.5, 0.6) is 0 Å². The number of carbonyl (C=O) groups is 5. The van der Waals surface area contributed by atoms with E-state index in [4.69, 9.17) is 16.6 Å². The van der Waals surface area contributed by atoms with Crippen molar-refractivity contribution in [1.82, 2.24) is 25.9 Å². The zero-order chi connectivity index (χ0) is 22.8. The first kappa shape index (κ1) is 24.5. The molecule has 0 saturated heterocycles. The maximum atomic E-state index is 12.6. The van der Waals surface area contributed by atoms with Gasteiger partial charge in [-0.05, 0) is 6.92 Å². The van der Waals surface area contributed by atoms with Crippen LogP contribution in [0.15, 0.2) is 12.5 Å². The smallest absolute Gasteiger partial charge is 0.326 e. The molecule has 0 aliphatic carbocycles. The number of carboxylic acid groups (broad SMARTS) is 1. The van der Waals surface area contributed by atoms with Crippen molar-refractivity contribution in [2.45, 2.75) is 43.9 Å². The third-order valence-corrected chi connectivity index (χ3v) is 3.86. The molecule has 14 nitrogen and oxygen atoms in total. The Bertz CT molecular complexity index is 766. The lowest BCUT2D eigenvalue weighted by Crippen LogP contribution is -2.58. The fourth-order valence-electron chi connectivity index (χ4n) is 2.27. The quantitative estimate of drug-likeness (QED) is 0.161. The first-order valence-corrected chi connectivity index (χ1v) is 8.81. The SMILES string of the molecule is CC(N)C(=O)NC(Cc1cnc[nH]1)C(=O)NC(CO)C(=O)NC(CC(N)=O)C(=O)O. The first-order valence-electron chi connectivity index (χ1n) is 8.81. The Hall–Kier alpha value is -3.52. The predicted molar refractivity (Wildman–Crippen MR) is 100 cm³/mol. The normalized spacial score (nSPS) is 14.6. The van der Waals surface area contributed by atoms with Gasteiger partial charge < -0.3 is 42.6 Å². The Morgan fingerprint density at radius 1 is 1.07 bits per heavy atom. The topological polar surface area (TPSA) is 243 Å². The molecule has 10 N–H and O–H groups in total. The minimum atomic E-state index is -1.64. The van der Waals surface area contributed by atoms with Crippen molar-refractivity contribution in [3.8, 4) is 0 Å². The van der Waals surface area contributed by atoms with Crippen LogP contribution in [0.4, 0.5) is 0 Å². The van der Waals surface area contributed by atoms with Gasteiger partial charge in [0, 0.05) is 18.3 Å². The van der Waals surface area contributed by atoms with Crippen LogP contribution in [0.25, 0.3) is 0 Å². The molecule has 0 fully saturated rings. The standard InChI is InChI=1S/C16H25N7O7/c1-7(17)13(26)21-9(2-8-4-19-6-20-8)14(27)23-11(5-24)15(28)22-10(16(29)30)3-12(18)25/h4,6-7,9-11,24H,2-3,5,17H2,1H3,(H2,18,25)(H,19,20)(H,21,26)(H,22,28)(H,23,27)(H,29,30). The molecule has 0 saturated carbocycles. The zero-order valence-electron chi connectivity index (χ0n) is 16.1. The molecule has 166 valence electrons. The summed E-state index contributed by atoms with van der Waals surface area (Å²) < 4.78 is 0. The van der Waals surface area contributed by atoms with Gasteiger partial charge in [0.1, 0.15) is 18.1 Å². The largest absolute Gasteiger partial charge is 0.480 e. The number of nitrogens with two attached hydrogens (primary N) is 2. The summed E-state index contributed by atoms with van der Waals surface area (Å²) in [6.45, 7) is 0.535. The Kier molecular flexibility index (Phi) is 9.38. The highest BCUT2D eigenvalue weighted by molar-refractivity contribution is 5.95. The van der Waals surface area contributed by atoms with Gasteiger partial charge in [0.25, 0.3) is 0 Å². The second kappa shape index (κ2) is 11.5. The van der Waals surface area contributed by atoms with Gasteiger partial charge in [-0.1, -0.05) is 0 Å². The highest BCUT2D eigenvalue weighted by Crippen LogP contribution is 2.01. The van der Waals surface area contributed by atoms with Crippen LogP contribution >= 0.6 is 0 Å². The van der Waals surface area contributed by atoms with E-state index in [2.05, 4.69) is 20.6 Å². The number of aliphatic carboxylic acids is 1. The van der Waals surface area contributed by atoms with Crippen molar-refractivity contribution >= 4 is 29.6 Å². The Labute approximate surface area is 170 Å². The molecular weight excluding hydrogens is 402 g/mol. The van der Waals surface area contributed by atoms with Gasteiger partial charge in [0.2, 0.25) is 23.6 Å². The molecule has 4 amide bonds. The predicted octanol–water partition coefficient (Wildman–Crippen LogP) is -4.29. The number of primary amides is 1. The van der Waals surface area contributed by atoms with E-state index in [-0.39, 0.29) is 6.42 Å². The number of hydrogen-bond acceptors (Lipinski definition) is 8. The van der Waals surface area contributed by atoms with Gasteiger partial charge in [-0.15, -0.1) is 0 Å². The average molecular weight is 427 g/mol. The number of nitrogens with one attached hydrogen (secondary N) is 4. The number of imidazole rings is 1. The van der Waals surface area contributed by atoms with Crippen LogP contribution in [-0.2, 0) is 30.4 Å². The van der Waals surface area contributed by atoms with Gasteiger partial charge in [0.05, 0.1) is 25.4 Å². The van der Waals surface area contributed by atoms with Crippen molar-refractivity contribution < 1.29 is 34.2 Å². The lowest BCUT2D eigenvalue weighted by atomic mass is 10.1. The van der Waals surface area contributed by atoms with Crippen molar-refractivity contribution in [2.24, 2.45) is 11.5 Å².